The second-order valence-corrected chi connectivity index (χ2v) is 13.2. The van der Waals surface area contributed by atoms with Gasteiger partial charge in [-0.15, -0.1) is 16.4 Å². The van der Waals surface area contributed by atoms with E-state index in [0.29, 0.717) is 34.6 Å². The van der Waals surface area contributed by atoms with E-state index in [4.69, 9.17) is 9.47 Å². The van der Waals surface area contributed by atoms with Gasteiger partial charge in [-0.05, 0) is 50.1 Å². The maximum atomic E-state index is 14.6. The van der Waals surface area contributed by atoms with E-state index in [9.17, 15) is 18.8 Å². The molecule has 1 aliphatic rings. The van der Waals surface area contributed by atoms with Gasteiger partial charge in [-0.1, -0.05) is 62.9 Å². The average Bonchev–Trinajstić information content (AvgIpc) is 3.64. The minimum absolute atomic E-state index is 0.131. The first-order valence-corrected chi connectivity index (χ1v) is 17.0. The average molecular weight is 664 g/mol. The van der Waals surface area contributed by atoms with Crippen molar-refractivity contribution in [2.45, 2.75) is 65.0 Å². The molecule has 10 nitrogen and oxygen atoms in total. The Kier molecular flexibility index (Phi) is 11.4. The summed E-state index contributed by atoms with van der Waals surface area (Å²) < 4.78 is 26.6. The number of benzene rings is 2. The second-order valence-electron chi connectivity index (χ2n) is 12.2. The summed E-state index contributed by atoms with van der Waals surface area (Å²) in [5.41, 5.74) is 0.825. The van der Waals surface area contributed by atoms with Crippen LogP contribution in [0.5, 0.6) is 0 Å². The fourth-order valence-electron chi connectivity index (χ4n) is 5.50. The third-order valence-corrected chi connectivity index (χ3v) is 9.27. The van der Waals surface area contributed by atoms with Gasteiger partial charge < -0.3 is 20.1 Å². The molecule has 3 heterocycles. The highest BCUT2D eigenvalue weighted by molar-refractivity contribution is 7.20. The van der Waals surface area contributed by atoms with E-state index in [2.05, 4.69) is 27.6 Å². The van der Waals surface area contributed by atoms with E-state index in [-0.39, 0.29) is 17.3 Å². The Morgan fingerprint density at radius 3 is 2.45 bits per heavy atom. The van der Waals surface area contributed by atoms with E-state index in [1.165, 1.54) is 6.07 Å². The number of amides is 2. The van der Waals surface area contributed by atoms with Crippen LogP contribution in [-0.4, -0.2) is 65.5 Å². The Morgan fingerprint density at radius 1 is 1.00 bits per heavy atom. The standard InChI is InChI=1S/C35H42FN5O5S/c1-4-5-6-7-10-19-46-34(44)41-33-26(22-29(47-33)32(43)38-35(2,3)27-11-8-9-12-28(27)36)30(39-41)37-31(42)25-15-13-24(14-16-25)23-40-17-20-45-21-18-40/h8-9,11-16,22H,4-7,10,17-21,23H2,1-3H3,(H,38,43)(H,37,39,42). The van der Waals surface area contributed by atoms with Gasteiger partial charge in [-0.3, -0.25) is 14.5 Å². The molecular weight excluding hydrogens is 621 g/mol. The van der Waals surface area contributed by atoms with Crippen molar-refractivity contribution < 1.29 is 28.2 Å². The lowest BCUT2D eigenvalue weighted by atomic mass is 9.93. The minimum atomic E-state index is -1.02. The van der Waals surface area contributed by atoms with Crippen molar-refractivity contribution in [3.8, 4) is 0 Å². The molecule has 2 aromatic heterocycles. The third-order valence-electron chi connectivity index (χ3n) is 8.16. The van der Waals surface area contributed by atoms with Gasteiger partial charge in [-0.2, -0.15) is 4.68 Å². The van der Waals surface area contributed by atoms with E-state index < -0.39 is 29.3 Å². The third kappa shape index (κ3) is 8.62. The molecule has 47 heavy (non-hydrogen) atoms. The normalized spacial score (nSPS) is 13.9. The van der Waals surface area contributed by atoms with Crippen molar-refractivity contribution in [2.24, 2.45) is 0 Å². The Balaban J connectivity index is 1.35. The fourth-order valence-corrected chi connectivity index (χ4v) is 6.50. The SMILES string of the molecule is CCCCCCCOC(=O)n1nc(NC(=O)c2ccc(CN3CCOCC3)cc2)c2cc(C(=O)NC(C)(C)c3ccccc3F)sc21. The number of nitrogens with one attached hydrogen (secondary N) is 2. The van der Waals surface area contributed by atoms with E-state index in [1.807, 2.05) is 12.1 Å². The van der Waals surface area contributed by atoms with Crippen LogP contribution in [0.1, 0.15) is 84.0 Å². The molecule has 0 saturated carbocycles. The predicted molar refractivity (Wildman–Crippen MR) is 180 cm³/mol. The van der Waals surface area contributed by atoms with Gasteiger partial charge in [0, 0.05) is 30.8 Å². The summed E-state index contributed by atoms with van der Waals surface area (Å²) >= 11 is 1.04. The smallest absolute Gasteiger partial charge is 0.436 e. The molecule has 1 fully saturated rings. The van der Waals surface area contributed by atoms with E-state index in [0.717, 1.165) is 73.3 Å². The highest BCUT2D eigenvalue weighted by Gasteiger charge is 2.29. The summed E-state index contributed by atoms with van der Waals surface area (Å²) in [5, 5.41) is 10.5. The molecule has 0 spiro atoms. The topological polar surface area (TPSA) is 115 Å². The van der Waals surface area contributed by atoms with Gasteiger partial charge in [0.25, 0.3) is 11.8 Å². The molecule has 12 heteroatoms. The van der Waals surface area contributed by atoms with Crippen LogP contribution in [0.3, 0.4) is 0 Å². The number of nitrogens with zero attached hydrogens (tertiary/aromatic N) is 3. The minimum Gasteiger partial charge on any atom is -0.448 e. The number of hydrogen-bond acceptors (Lipinski definition) is 8. The van der Waals surface area contributed by atoms with Crippen molar-refractivity contribution >= 4 is 45.3 Å². The second kappa shape index (κ2) is 15.6. The highest BCUT2D eigenvalue weighted by Crippen LogP contribution is 2.33. The van der Waals surface area contributed by atoms with Crippen molar-refractivity contribution in [1.29, 1.82) is 0 Å². The summed E-state index contributed by atoms with van der Waals surface area (Å²) in [4.78, 5) is 42.9. The Labute approximate surface area is 278 Å². The molecule has 250 valence electrons. The Hall–Kier alpha value is -4.13. The molecule has 2 N–H and O–H groups in total. The van der Waals surface area contributed by atoms with Crippen LogP contribution in [0.2, 0.25) is 0 Å². The molecule has 2 amide bonds. The quantitative estimate of drug-likeness (QED) is 0.149. The van der Waals surface area contributed by atoms with Crippen LogP contribution in [0.15, 0.2) is 54.6 Å². The van der Waals surface area contributed by atoms with Gasteiger partial charge in [0.1, 0.15) is 10.6 Å². The van der Waals surface area contributed by atoms with Gasteiger partial charge in [0.2, 0.25) is 0 Å². The number of carbonyl (C=O) groups excluding carboxylic acids is 3. The summed E-state index contributed by atoms with van der Waals surface area (Å²) in [6.45, 7) is 9.72. The number of morpholine rings is 1. The molecule has 2 aromatic carbocycles. The number of aromatic nitrogens is 2. The van der Waals surface area contributed by atoms with Crippen LogP contribution >= 0.6 is 11.3 Å². The molecular formula is C35H42FN5O5S. The van der Waals surface area contributed by atoms with Crippen molar-refractivity contribution in [3.63, 3.8) is 0 Å². The lowest BCUT2D eigenvalue weighted by Gasteiger charge is -2.27. The van der Waals surface area contributed by atoms with Crippen LogP contribution in [0, 0.1) is 5.82 Å². The largest absolute Gasteiger partial charge is 0.448 e. The molecule has 4 aromatic rings. The van der Waals surface area contributed by atoms with E-state index >= 15 is 0 Å². The molecule has 1 saturated heterocycles. The molecule has 0 unspecified atom stereocenters. The molecule has 0 aliphatic carbocycles. The first-order valence-electron chi connectivity index (χ1n) is 16.1. The van der Waals surface area contributed by atoms with Gasteiger partial charge in [0.05, 0.1) is 35.6 Å². The zero-order chi connectivity index (χ0) is 33.4. The van der Waals surface area contributed by atoms with Crippen LogP contribution in [-0.2, 0) is 21.6 Å². The first-order chi connectivity index (χ1) is 22.7. The Morgan fingerprint density at radius 2 is 1.72 bits per heavy atom. The molecule has 5 rings (SSSR count). The lowest BCUT2D eigenvalue weighted by molar-refractivity contribution is 0.0342. The van der Waals surface area contributed by atoms with Gasteiger partial charge >= 0.3 is 6.09 Å². The Bertz CT molecular complexity index is 1690. The highest BCUT2D eigenvalue weighted by atomic mass is 32.1. The zero-order valence-corrected chi connectivity index (χ0v) is 28.0. The van der Waals surface area contributed by atoms with Gasteiger partial charge in [-0.25, -0.2) is 9.18 Å². The monoisotopic (exact) mass is 663 g/mol. The van der Waals surface area contributed by atoms with Crippen molar-refractivity contribution in [1.82, 2.24) is 20.0 Å². The number of rotatable bonds is 13. The number of ether oxygens (including phenoxy) is 2. The maximum Gasteiger partial charge on any atom is 0.436 e. The van der Waals surface area contributed by atoms with Crippen molar-refractivity contribution in [2.75, 3.05) is 38.2 Å². The number of unbranched alkanes of at least 4 members (excludes halogenated alkanes) is 4. The first kappa shape index (κ1) is 34.2. The summed E-state index contributed by atoms with van der Waals surface area (Å²) in [6, 6.07) is 15.2. The molecule has 0 bridgehead atoms. The summed E-state index contributed by atoms with van der Waals surface area (Å²) in [7, 11) is 0. The van der Waals surface area contributed by atoms with Crippen molar-refractivity contribution in [3.05, 3.63) is 82.0 Å². The van der Waals surface area contributed by atoms with Crippen LogP contribution in [0.4, 0.5) is 15.0 Å². The lowest BCUT2D eigenvalue weighted by Crippen LogP contribution is -2.41. The number of hydrogen-bond donors (Lipinski definition) is 2. The van der Waals surface area contributed by atoms with E-state index in [1.54, 1.807) is 50.2 Å². The number of halogens is 1. The van der Waals surface area contributed by atoms with Crippen LogP contribution < -0.4 is 10.6 Å². The van der Waals surface area contributed by atoms with Gasteiger partial charge in [0.15, 0.2) is 5.82 Å². The number of carbonyl (C=O) groups is 3. The van der Waals surface area contributed by atoms with Crippen LogP contribution in [0.25, 0.3) is 10.2 Å². The molecule has 0 radical (unpaired) electrons. The summed E-state index contributed by atoms with van der Waals surface area (Å²) in [6.07, 6.45) is 4.29. The molecule has 1 aliphatic heterocycles. The number of fused-ring (bicyclic) bond motifs is 1. The summed E-state index contributed by atoms with van der Waals surface area (Å²) in [5.74, 6) is -1.16. The number of thiophene rings is 1. The molecule has 0 atom stereocenters. The fraction of sp³-hybridized carbons (Fsp3) is 0.429. The number of anilines is 1. The predicted octanol–water partition coefficient (Wildman–Crippen LogP) is 6.94. The zero-order valence-electron chi connectivity index (χ0n) is 27.1. The maximum absolute atomic E-state index is 14.6.